The number of carbonyl (C=O) groups excluding carboxylic acids is 1. The summed E-state index contributed by atoms with van der Waals surface area (Å²) >= 11 is 8.12. The van der Waals surface area contributed by atoms with Crippen molar-refractivity contribution in [2.24, 2.45) is 0 Å². The number of nitrogens with zero attached hydrogens (tertiary/aromatic N) is 6. The lowest BCUT2D eigenvalue weighted by atomic mass is 9.72. The van der Waals surface area contributed by atoms with E-state index in [0.29, 0.717) is 11.7 Å². The van der Waals surface area contributed by atoms with Crippen molar-refractivity contribution in [1.82, 2.24) is 25.2 Å². The van der Waals surface area contributed by atoms with Crippen LogP contribution in [0.4, 0.5) is 5.13 Å². The SMILES string of the molecule is O=C1C(Cl)C(c2ccccc2)(c2ccccc2)N1c1nnc(Cn2nnc3ccccc32)s1. The molecule has 3 heterocycles. The first-order valence-electron chi connectivity index (χ1n) is 10.4. The van der Waals surface area contributed by atoms with Gasteiger partial charge in [0.1, 0.15) is 21.4 Å². The van der Waals surface area contributed by atoms with Crippen molar-refractivity contribution in [2.75, 3.05) is 4.90 Å². The lowest BCUT2D eigenvalue weighted by Crippen LogP contribution is -2.71. The lowest BCUT2D eigenvalue weighted by molar-refractivity contribution is -0.126. The maximum absolute atomic E-state index is 13.1. The quantitative estimate of drug-likeness (QED) is 0.282. The van der Waals surface area contributed by atoms with Crippen molar-refractivity contribution in [2.45, 2.75) is 17.5 Å². The summed E-state index contributed by atoms with van der Waals surface area (Å²) in [6.45, 7) is 0.411. The Morgan fingerprint density at radius 3 is 2.18 bits per heavy atom. The van der Waals surface area contributed by atoms with E-state index in [9.17, 15) is 4.79 Å². The van der Waals surface area contributed by atoms with Crippen molar-refractivity contribution >= 4 is 45.0 Å². The van der Waals surface area contributed by atoms with Gasteiger partial charge in [0.05, 0.1) is 12.1 Å². The maximum Gasteiger partial charge on any atom is 0.251 e. The second-order valence-corrected chi connectivity index (χ2v) is 9.23. The fourth-order valence-corrected chi connectivity index (χ4v) is 5.75. The number of alkyl halides is 1. The van der Waals surface area contributed by atoms with E-state index in [0.717, 1.165) is 27.2 Å². The molecule has 0 saturated carbocycles. The predicted octanol–water partition coefficient (Wildman–Crippen LogP) is 4.23. The zero-order valence-electron chi connectivity index (χ0n) is 17.2. The molecule has 162 valence electrons. The van der Waals surface area contributed by atoms with E-state index < -0.39 is 10.9 Å². The van der Waals surface area contributed by atoms with Crippen LogP contribution >= 0.6 is 22.9 Å². The third-order valence-electron chi connectivity index (χ3n) is 5.94. The number of amides is 1. The molecule has 9 heteroatoms. The molecular weight excluding hydrogens is 456 g/mol. The van der Waals surface area contributed by atoms with E-state index in [1.165, 1.54) is 11.3 Å². The Labute approximate surface area is 198 Å². The molecule has 1 aliphatic rings. The summed E-state index contributed by atoms with van der Waals surface area (Å²) in [7, 11) is 0. The Balaban J connectivity index is 1.42. The molecule has 1 aliphatic heterocycles. The molecule has 1 amide bonds. The van der Waals surface area contributed by atoms with Gasteiger partial charge in [0.15, 0.2) is 0 Å². The van der Waals surface area contributed by atoms with Crippen molar-refractivity contribution in [1.29, 1.82) is 0 Å². The van der Waals surface area contributed by atoms with Crippen molar-refractivity contribution < 1.29 is 4.79 Å². The molecule has 1 atom stereocenters. The third kappa shape index (κ3) is 2.98. The van der Waals surface area contributed by atoms with Crippen LogP contribution in [-0.4, -0.2) is 36.5 Å². The number of aromatic nitrogens is 5. The van der Waals surface area contributed by atoms with E-state index in [1.807, 2.05) is 84.9 Å². The molecule has 2 aromatic heterocycles. The highest BCUT2D eigenvalue weighted by molar-refractivity contribution is 7.15. The second kappa shape index (κ2) is 7.75. The molecule has 1 unspecified atom stereocenters. The fraction of sp³-hybridized carbons (Fsp3) is 0.125. The van der Waals surface area contributed by atoms with Gasteiger partial charge in [-0.2, -0.15) is 0 Å². The zero-order chi connectivity index (χ0) is 22.4. The minimum Gasteiger partial charge on any atom is -0.273 e. The first kappa shape index (κ1) is 20.0. The van der Waals surface area contributed by atoms with Crippen LogP contribution in [0, 0.1) is 0 Å². The van der Waals surface area contributed by atoms with E-state index in [-0.39, 0.29) is 5.91 Å². The normalized spacial score (nSPS) is 17.3. The highest BCUT2D eigenvalue weighted by Gasteiger charge is 2.63. The van der Waals surface area contributed by atoms with Crippen LogP contribution in [0.15, 0.2) is 84.9 Å². The van der Waals surface area contributed by atoms with Gasteiger partial charge in [0.25, 0.3) is 5.91 Å². The van der Waals surface area contributed by atoms with E-state index in [1.54, 1.807) is 9.58 Å². The topological polar surface area (TPSA) is 76.8 Å². The van der Waals surface area contributed by atoms with Gasteiger partial charge >= 0.3 is 0 Å². The van der Waals surface area contributed by atoms with Gasteiger partial charge in [-0.1, -0.05) is 89.3 Å². The van der Waals surface area contributed by atoms with Gasteiger partial charge in [0, 0.05) is 0 Å². The van der Waals surface area contributed by atoms with Gasteiger partial charge in [0.2, 0.25) is 5.13 Å². The lowest BCUT2D eigenvalue weighted by Gasteiger charge is -2.54. The minimum atomic E-state index is -0.863. The van der Waals surface area contributed by atoms with Gasteiger partial charge in [-0.15, -0.1) is 26.9 Å². The number of anilines is 1. The predicted molar refractivity (Wildman–Crippen MR) is 127 cm³/mol. The third-order valence-corrected chi connectivity index (χ3v) is 7.33. The van der Waals surface area contributed by atoms with Crippen LogP contribution in [0.3, 0.4) is 0 Å². The Bertz CT molecular complexity index is 1410. The average molecular weight is 473 g/mol. The first-order valence-corrected chi connectivity index (χ1v) is 11.6. The van der Waals surface area contributed by atoms with Crippen LogP contribution in [0.5, 0.6) is 0 Å². The number of hydrogen-bond donors (Lipinski definition) is 0. The molecule has 33 heavy (non-hydrogen) atoms. The molecule has 0 aliphatic carbocycles. The first-order chi connectivity index (χ1) is 16.2. The number of carbonyl (C=O) groups is 1. The molecule has 6 rings (SSSR count). The smallest absolute Gasteiger partial charge is 0.251 e. The molecule has 0 spiro atoms. The summed E-state index contributed by atoms with van der Waals surface area (Å²) in [6.07, 6.45) is 0. The van der Waals surface area contributed by atoms with Crippen molar-refractivity contribution in [3.8, 4) is 0 Å². The number of β-lactam (4-membered cyclic amide) rings is 1. The fourth-order valence-electron chi connectivity index (χ4n) is 4.42. The molecular formula is C24H17ClN6OS. The van der Waals surface area contributed by atoms with Gasteiger partial charge in [-0.05, 0) is 23.3 Å². The molecule has 1 saturated heterocycles. The average Bonchev–Trinajstić information content (AvgIpc) is 3.50. The summed E-state index contributed by atoms with van der Waals surface area (Å²) in [5, 5.41) is 17.6. The van der Waals surface area contributed by atoms with Crippen LogP contribution in [0.2, 0.25) is 0 Å². The maximum atomic E-state index is 13.1. The van der Waals surface area contributed by atoms with E-state index >= 15 is 0 Å². The van der Waals surface area contributed by atoms with Crippen LogP contribution in [-0.2, 0) is 16.9 Å². The van der Waals surface area contributed by atoms with Gasteiger partial charge in [-0.25, -0.2) is 4.68 Å². The largest absolute Gasteiger partial charge is 0.273 e. The summed E-state index contributed by atoms with van der Waals surface area (Å²) < 4.78 is 1.78. The number of fused-ring (bicyclic) bond motifs is 1. The number of benzene rings is 3. The Hall–Kier alpha value is -3.62. The Morgan fingerprint density at radius 2 is 1.48 bits per heavy atom. The molecule has 1 fully saturated rings. The molecule has 7 nitrogen and oxygen atoms in total. The highest BCUT2D eigenvalue weighted by atomic mass is 35.5. The number of rotatable bonds is 5. The van der Waals surface area contributed by atoms with Crippen LogP contribution < -0.4 is 4.90 Å². The molecule has 0 N–H and O–H groups in total. The Kier molecular flexibility index (Phi) is 4.70. The Morgan fingerprint density at radius 1 is 0.848 bits per heavy atom. The monoisotopic (exact) mass is 472 g/mol. The van der Waals surface area contributed by atoms with Crippen LogP contribution in [0.1, 0.15) is 16.1 Å². The van der Waals surface area contributed by atoms with Crippen LogP contribution in [0.25, 0.3) is 11.0 Å². The molecule has 5 aromatic rings. The molecule has 0 radical (unpaired) electrons. The highest BCUT2D eigenvalue weighted by Crippen LogP contribution is 2.52. The summed E-state index contributed by atoms with van der Waals surface area (Å²) in [5.74, 6) is -0.196. The van der Waals surface area contributed by atoms with E-state index in [4.69, 9.17) is 11.6 Å². The number of halogens is 1. The molecule has 3 aromatic carbocycles. The zero-order valence-corrected chi connectivity index (χ0v) is 18.8. The minimum absolute atomic E-state index is 0.196. The summed E-state index contributed by atoms with van der Waals surface area (Å²) in [5.41, 5.74) is 2.72. The van der Waals surface area contributed by atoms with Crippen molar-refractivity contribution in [3.63, 3.8) is 0 Å². The molecule has 0 bridgehead atoms. The standard InChI is InChI=1S/C24H17ClN6OS/c25-21-22(32)31(24(21,16-9-3-1-4-10-16)17-11-5-2-6-12-17)23-28-27-20(33-23)15-30-19-14-8-7-13-18(19)26-29-30/h1-14,21H,15H2. The van der Waals surface area contributed by atoms with Gasteiger partial charge in [-0.3, -0.25) is 9.69 Å². The van der Waals surface area contributed by atoms with E-state index in [2.05, 4.69) is 20.5 Å². The van der Waals surface area contributed by atoms with Crippen molar-refractivity contribution in [3.05, 3.63) is 101 Å². The summed E-state index contributed by atoms with van der Waals surface area (Å²) in [6, 6.07) is 27.4. The van der Waals surface area contributed by atoms with Gasteiger partial charge < -0.3 is 0 Å². The summed E-state index contributed by atoms with van der Waals surface area (Å²) in [4.78, 5) is 14.8. The number of para-hydroxylation sites is 1. The second-order valence-electron chi connectivity index (χ2n) is 7.75. The number of hydrogen-bond acceptors (Lipinski definition) is 6.